The predicted molar refractivity (Wildman–Crippen MR) is 58.2 cm³/mol. The van der Waals surface area contributed by atoms with Gasteiger partial charge < -0.3 is 14.8 Å². The van der Waals surface area contributed by atoms with Gasteiger partial charge in [0.25, 0.3) is 0 Å². The highest BCUT2D eigenvalue weighted by atomic mass is 19.3. The molecule has 1 amide bonds. The van der Waals surface area contributed by atoms with Gasteiger partial charge in [-0.3, -0.25) is 4.79 Å². The molecule has 18 heavy (non-hydrogen) atoms. The number of carbonyl (C=O) groups is 1. The number of carbonyl (C=O) groups excluding carboxylic acids is 1. The van der Waals surface area contributed by atoms with Crippen molar-refractivity contribution < 1.29 is 27.4 Å². The zero-order valence-corrected chi connectivity index (χ0v) is 9.58. The third kappa shape index (κ3) is 4.62. The molecule has 0 unspecified atom stereocenters. The normalized spacial score (nSPS) is 10.5. The Hall–Kier alpha value is -1.76. The van der Waals surface area contributed by atoms with Crippen LogP contribution >= 0.6 is 0 Å². The van der Waals surface area contributed by atoms with Crippen molar-refractivity contribution in [1.82, 2.24) is 0 Å². The Bertz CT molecular complexity index is 413. The van der Waals surface area contributed by atoms with Gasteiger partial charge in [0.1, 0.15) is 6.61 Å². The number of hydrogen-bond acceptors (Lipinski definition) is 3. The summed E-state index contributed by atoms with van der Waals surface area (Å²) in [5, 5.41) is 2.35. The van der Waals surface area contributed by atoms with Crippen LogP contribution in [-0.4, -0.2) is 25.7 Å². The van der Waals surface area contributed by atoms with Crippen molar-refractivity contribution in [3.8, 4) is 5.75 Å². The van der Waals surface area contributed by atoms with E-state index in [0.29, 0.717) is 6.61 Å². The molecule has 0 radical (unpaired) electrons. The van der Waals surface area contributed by atoms with Gasteiger partial charge in [-0.1, -0.05) is 0 Å². The zero-order valence-electron chi connectivity index (χ0n) is 9.58. The summed E-state index contributed by atoms with van der Waals surface area (Å²) in [7, 11) is 0. The van der Waals surface area contributed by atoms with Crippen molar-refractivity contribution in [2.45, 2.75) is 13.5 Å². The summed E-state index contributed by atoms with van der Waals surface area (Å²) in [5.41, 5.74) is 0.138. The highest BCUT2D eigenvalue weighted by molar-refractivity contribution is 5.91. The first-order valence-electron chi connectivity index (χ1n) is 5.15. The molecule has 0 aliphatic carbocycles. The third-order valence-corrected chi connectivity index (χ3v) is 1.87. The summed E-state index contributed by atoms with van der Waals surface area (Å²) >= 11 is 0. The Balaban J connectivity index is 2.63. The van der Waals surface area contributed by atoms with E-state index in [1.54, 1.807) is 6.92 Å². The van der Waals surface area contributed by atoms with Crippen molar-refractivity contribution in [2.24, 2.45) is 0 Å². The number of amides is 1. The molecule has 0 aromatic heterocycles. The van der Waals surface area contributed by atoms with E-state index in [1.807, 2.05) is 0 Å². The Labute approximate surface area is 102 Å². The number of anilines is 1. The number of ether oxygens (including phenoxy) is 2. The molecule has 7 heteroatoms. The van der Waals surface area contributed by atoms with Crippen LogP contribution in [0.4, 0.5) is 18.9 Å². The summed E-state index contributed by atoms with van der Waals surface area (Å²) in [6.07, 6.45) is 0. The van der Waals surface area contributed by atoms with Crippen LogP contribution in [0.1, 0.15) is 6.92 Å². The van der Waals surface area contributed by atoms with Crippen molar-refractivity contribution in [3.05, 3.63) is 24.0 Å². The minimum atomic E-state index is -3.10. The molecule has 0 atom stereocenters. The van der Waals surface area contributed by atoms with Gasteiger partial charge in [0.2, 0.25) is 5.91 Å². The Morgan fingerprint density at radius 3 is 2.72 bits per heavy atom. The second kappa shape index (κ2) is 6.85. The highest BCUT2D eigenvalue weighted by Gasteiger charge is 2.11. The largest absolute Gasteiger partial charge is 0.432 e. The lowest BCUT2D eigenvalue weighted by Crippen LogP contribution is -2.18. The number of halogens is 3. The van der Waals surface area contributed by atoms with Crippen molar-refractivity contribution in [1.29, 1.82) is 0 Å². The molecule has 0 saturated carbocycles. The smallest absolute Gasteiger partial charge is 0.387 e. The predicted octanol–water partition coefficient (Wildman–Crippen LogP) is 2.40. The van der Waals surface area contributed by atoms with E-state index in [0.717, 1.165) is 12.1 Å². The molecular formula is C11H12F3NO3. The lowest BCUT2D eigenvalue weighted by Gasteiger charge is -2.08. The van der Waals surface area contributed by atoms with Gasteiger partial charge in [-0.15, -0.1) is 0 Å². The van der Waals surface area contributed by atoms with Crippen LogP contribution in [-0.2, 0) is 9.53 Å². The minimum absolute atomic E-state index is 0.138. The van der Waals surface area contributed by atoms with Gasteiger partial charge in [0, 0.05) is 18.4 Å². The van der Waals surface area contributed by atoms with Crippen molar-refractivity contribution >= 4 is 11.6 Å². The van der Waals surface area contributed by atoms with Crippen LogP contribution in [0.15, 0.2) is 18.2 Å². The van der Waals surface area contributed by atoms with E-state index in [-0.39, 0.29) is 12.3 Å². The number of rotatable bonds is 6. The molecule has 1 aromatic carbocycles. The first-order chi connectivity index (χ1) is 8.52. The fourth-order valence-electron chi connectivity index (χ4n) is 1.16. The molecule has 0 aliphatic heterocycles. The number of benzene rings is 1. The van der Waals surface area contributed by atoms with E-state index in [1.165, 1.54) is 6.07 Å². The summed E-state index contributed by atoms with van der Waals surface area (Å²) < 4.78 is 45.8. The maximum absolute atomic E-state index is 13.3. The highest BCUT2D eigenvalue weighted by Crippen LogP contribution is 2.22. The SMILES string of the molecule is CCOCC(=O)Nc1ccc(OC(F)F)c(F)c1. The maximum atomic E-state index is 13.3. The fraction of sp³-hybridized carbons (Fsp3) is 0.364. The lowest BCUT2D eigenvalue weighted by molar-refractivity contribution is -0.120. The quantitative estimate of drug-likeness (QED) is 0.857. The zero-order chi connectivity index (χ0) is 13.5. The summed E-state index contributed by atoms with van der Waals surface area (Å²) in [6, 6.07) is 3.16. The van der Waals surface area contributed by atoms with Gasteiger partial charge in [-0.05, 0) is 19.1 Å². The molecule has 0 fully saturated rings. The first-order valence-corrected chi connectivity index (χ1v) is 5.15. The average Bonchev–Trinajstić information content (AvgIpc) is 2.29. The van der Waals surface area contributed by atoms with Crippen LogP contribution < -0.4 is 10.1 Å². The molecule has 100 valence electrons. The molecule has 1 N–H and O–H groups in total. The van der Waals surface area contributed by atoms with Crippen LogP contribution in [0.3, 0.4) is 0 Å². The fourth-order valence-corrected chi connectivity index (χ4v) is 1.16. The number of alkyl halides is 2. The Morgan fingerprint density at radius 1 is 1.44 bits per heavy atom. The second-order valence-corrected chi connectivity index (χ2v) is 3.21. The molecule has 0 spiro atoms. The number of nitrogens with one attached hydrogen (secondary N) is 1. The molecule has 1 aromatic rings. The van der Waals surface area contributed by atoms with Crippen LogP contribution in [0.25, 0.3) is 0 Å². The topological polar surface area (TPSA) is 47.6 Å². The van der Waals surface area contributed by atoms with Crippen molar-refractivity contribution in [2.75, 3.05) is 18.5 Å². The molecule has 4 nitrogen and oxygen atoms in total. The second-order valence-electron chi connectivity index (χ2n) is 3.21. The van der Waals surface area contributed by atoms with Gasteiger partial charge >= 0.3 is 6.61 Å². The van der Waals surface area contributed by atoms with E-state index in [4.69, 9.17) is 4.74 Å². The Kier molecular flexibility index (Phi) is 5.44. The maximum Gasteiger partial charge on any atom is 0.387 e. The monoisotopic (exact) mass is 263 g/mol. The third-order valence-electron chi connectivity index (χ3n) is 1.87. The van der Waals surface area contributed by atoms with E-state index in [9.17, 15) is 18.0 Å². The summed E-state index contributed by atoms with van der Waals surface area (Å²) in [4.78, 5) is 11.2. The molecular weight excluding hydrogens is 251 g/mol. The Morgan fingerprint density at radius 2 is 2.17 bits per heavy atom. The minimum Gasteiger partial charge on any atom is -0.432 e. The molecule has 1 rings (SSSR count). The number of hydrogen-bond donors (Lipinski definition) is 1. The molecule has 0 aliphatic rings. The van der Waals surface area contributed by atoms with Gasteiger partial charge in [-0.2, -0.15) is 8.78 Å². The molecule has 0 saturated heterocycles. The summed E-state index contributed by atoms with van der Waals surface area (Å²) in [6.45, 7) is -1.15. The molecule has 0 bridgehead atoms. The first kappa shape index (κ1) is 14.3. The van der Waals surface area contributed by atoms with Crippen LogP contribution in [0.5, 0.6) is 5.75 Å². The van der Waals surface area contributed by atoms with E-state index in [2.05, 4.69) is 10.1 Å². The van der Waals surface area contributed by atoms with E-state index < -0.39 is 24.1 Å². The van der Waals surface area contributed by atoms with Crippen molar-refractivity contribution in [3.63, 3.8) is 0 Å². The van der Waals surface area contributed by atoms with Crippen LogP contribution in [0, 0.1) is 5.82 Å². The van der Waals surface area contributed by atoms with Gasteiger partial charge in [-0.25, -0.2) is 4.39 Å². The van der Waals surface area contributed by atoms with Gasteiger partial charge in [0.05, 0.1) is 0 Å². The van der Waals surface area contributed by atoms with Gasteiger partial charge in [0.15, 0.2) is 11.6 Å². The van der Waals surface area contributed by atoms with E-state index >= 15 is 0 Å². The van der Waals surface area contributed by atoms with Crippen LogP contribution in [0.2, 0.25) is 0 Å². The lowest BCUT2D eigenvalue weighted by atomic mass is 10.3. The standard InChI is InChI=1S/C11H12F3NO3/c1-2-17-6-10(16)15-7-3-4-9(8(12)5-7)18-11(13)14/h3-5,11H,2,6H2,1H3,(H,15,16). The summed E-state index contributed by atoms with van der Waals surface area (Å²) in [5.74, 6) is -2.02. The average molecular weight is 263 g/mol. The molecule has 0 heterocycles.